The Balaban J connectivity index is 1.92. The summed E-state index contributed by atoms with van der Waals surface area (Å²) in [6, 6.07) is 5.91. The number of benzene rings is 1. The molecule has 1 aromatic heterocycles. The fourth-order valence-electron chi connectivity index (χ4n) is 2.61. The summed E-state index contributed by atoms with van der Waals surface area (Å²) >= 11 is 0. The molecular weight excluding hydrogens is 242 g/mol. The van der Waals surface area contributed by atoms with Gasteiger partial charge in [0.15, 0.2) is 5.69 Å². The van der Waals surface area contributed by atoms with E-state index in [0.717, 1.165) is 22.9 Å². The summed E-state index contributed by atoms with van der Waals surface area (Å²) in [5, 5.41) is 17.1. The second-order valence-corrected chi connectivity index (χ2v) is 5.21. The van der Waals surface area contributed by atoms with Crippen LogP contribution in [0.1, 0.15) is 22.5 Å². The zero-order valence-electron chi connectivity index (χ0n) is 10.9. The van der Waals surface area contributed by atoms with E-state index in [9.17, 15) is 4.79 Å². The first-order valence-corrected chi connectivity index (χ1v) is 6.54. The van der Waals surface area contributed by atoms with E-state index in [1.807, 2.05) is 25.1 Å². The van der Waals surface area contributed by atoms with Gasteiger partial charge in [-0.15, -0.1) is 0 Å². The maximum absolute atomic E-state index is 12.5. The number of aromatic amines is 1. The van der Waals surface area contributed by atoms with Crippen LogP contribution < -0.4 is 0 Å². The molecular formula is C14H17N3O2. The van der Waals surface area contributed by atoms with Gasteiger partial charge in [0.05, 0.1) is 5.52 Å². The molecule has 2 heterocycles. The number of nitrogens with zero attached hydrogens (tertiary/aromatic N) is 2. The van der Waals surface area contributed by atoms with Crippen LogP contribution in [0.2, 0.25) is 0 Å². The molecule has 5 nitrogen and oxygen atoms in total. The van der Waals surface area contributed by atoms with Crippen LogP contribution in [-0.2, 0) is 0 Å². The number of carbonyl (C=O) groups is 1. The minimum atomic E-state index is -0.0483. The van der Waals surface area contributed by atoms with Crippen molar-refractivity contribution >= 4 is 16.8 Å². The molecule has 2 N–H and O–H groups in total. The highest BCUT2D eigenvalue weighted by Gasteiger charge is 2.28. The maximum atomic E-state index is 12.5. The first kappa shape index (κ1) is 12.2. The molecule has 0 radical (unpaired) electrons. The Morgan fingerprint density at radius 2 is 2.42 bits per heavy atom. The van der Waals surface area contributed by atoms with Gasteiger partial charge in [0, 0.05) is 31.0 Å². The number of aryl methyl sites for hydroxylation is 1. The normalized spacial score (nSPS) is 19.3. The molecule has 1 fully saturated rings. The number of aliphatic hydroxyl groups is 1. The van der Waals surface area contributed by atoms with E-state index in [2.05, 4.69) is 10.2 Å². The Kier molecular flexibility index (Phi) is 2.98. The van der Waals surface area contributed by atoms with Crippen LogP contribution in [0.5, 0.6) is 0 Å². The largest absolute Gasteiger partial charge is 0.396 e. The number of H-pyrrole nitrogens is 1. The molecule has 0 aliphatic carbocycles. The van der Waals surface area contributed by atoms with Crippen molar-refractivity contribution in [1.82, 2.24) is 15.1 Å². The standard InChI is InChI=1S/C14H17N3O2/c1-9-2-3-12-11(6-9)13(16-15-12)14(19)17-5-4-10(7-17)8-18/h2-3,6,10,18H,4-5,7-8H2,1H3,(H,15,16). The van der Waals surface area contributed by atoms with Gasteiger partial charge in [-0.05, 0) is 25.5 Å². The molecule has 0 bridgehead atoms. The van der Waals surface area contributed by atoms with E-state index in [0.29, 0.717) is 18.8 Å². The summed E-state index contributed by atoms with van der Waals surface area (Å²) in [6.07, 6.45) is 0.865. The zero-order valence-corrected chi connectivity index (χ0v) is 10.9. The summed E-state index contributed by atoms with van der Waals surface area (Å²) < 4.78 is 0. The van der Waals surface area contributed by atoms with Crippen LogP contribution in [0.4, 0.5) is 0 Å². The van der Waals surface area contributed by atoms with E-state index in [4.69, 9.17) is 5.11 Å². The molecule has 1 atom stereocenters. The van der Waals surface area contributed by atoms with Gasteiger partial charge in [0.25, 0.3) is 5.91 Å². The van der Waals surface area contributed by atoms with E-state index < -0.39 is 0 Å². The number of fused-ring (bicyclic) bond motifs is 1. The maximum Gasteiger partial charge on any atom is 0.275 e. The number of aliphatic hydroxyl groups excluding tert-OH is 1. The first-order valence-electron chi connectivity index (χ1n) is 6.54. The lowest BCUT2D eigenvalue weighted by atomic mass is 10.1. The number of hydrogen-bond donors (Lipinski definition) is 2. The lowest BCUT2D eigenvalue weighted by molar-refractivity contribution is 0.0778. The molecule has 1 unspecified atom stereocenters. The summed E-state index contributed by atoms with van der Waals surface area (Å²) in [5.74, 6) is 0.156. The van der Waals surface area contributed by atoms with Crippen LogP contribution >= 0.6 is 0 Å². The predicted octanol–water partition coefficient (Wildman–Crippen LogP) is 1.33. The number of aromatic nitrogens is 2. The average Bonchev–Trinajstić information content (AvgIpc) is 3.04. The monoisotopic (exact) mass is 259 g/mol. The van der Waals surface area contributed by atoms with Crippen molar-refractivity contribution < 1.29 is 9.90 Å². The molecule has 2 aromatic rings. The number of amides is 1. The highest BCUT2D eigenvalue weighted by atomic mass is 16.3. The summed E-state index contributed by atoms with van der Waals surface area (Å²) in [7, 11) is 0. The Hall–Kier alpha value is -1.88. The summed E-state index contributed by atoms with van der Waals surface area (Å²) in [6.45, 7) is 3.46. The third-order valence-corrected chi connectivity index (χ3v) is 3.75. The Bertz CT molecular complexity index is 620. The number of rotatable bonds is 2. The molecule has 5 heteroatoms. The van der Waals surface area contributed by atoms with E-state index in [-0.39, 0.29) is 18.4 Å². The number of likely N-dealkylation sites (tertiary alicyclic amines) is 1. The predicted molar refractivity (Wildman–Crippen MR) is 71.9 cm³/mol. The Morgan fingerprint density at radius 3 is 3.16 bits per heavy atom. The first-order chi connectivity index (χ1) is 9.19. The molecule has 1 aromatic carbocycles. The fraction of sp³-hybridized carbons (Fsp3) is 0.429. The van der Waals surface area contributed by atoms with E-state index >= 15 is 0 Å². The van der Waals surface area contributed by atoms with Crippen molar-refractivity contribution in [2.45, 2.75) is 13.3 Å². The molecule has 100 valence electrons. The summed E-state index contributed by atoms with van der Waals surface area (Å²) in [4.78, 5) is 14.2. The fourth-order valence-corrected chi connectivity index (χ4v) is 2.61. The molecule has 0 spiro atoms. The van der Waals surface area contributed by atoms with Crippen molar-refractivity contribution in [3.63, 3.8) is 0 Å². The van der Waals surface area contributed by atoms with Crippen molar-refractivity contribution in [3.8, 4) is 0 Å². The van der Waals surface area contributed by atoms with Gasteiger partial charge in [-0.2, -0.15) is 5.10 Å². The molecule has 1 aliphatic heterocycles. The third kappa shape index (κ3) is 2.10. The zero-order chi connectivity index (χ0) is 13.4. The SMILES string of the molecule is Cc1ccc2[nH]nc(C(=O)N3CCC(CO)C3)c2c1. The summed E-state index contributed by atoms with van der Waals surface area (Å²) in [5.41, 5.74) is 2.47. The van der Waals surface area contributed by atoms with Crippen molar-refractivity contribution in [2.75, 3.05) is 19.7 Å². The van der Waals surface area contributed by atoms with Crippen molar-refractivity contribution in [2.24, 2.45) is 5.92 Å². The molecule has 0 saturated carbocycles. The minimum absolute atomic E-state index is 0.0483. The van der Waals surface area contributed by atoms with Crippen LogP contribution in [0.25, 0.3) is 10.9 Å². The van der Waals surface area contributed by atoms with E-state index in [1.165, 1.54) is 0 Å². The quantitative estimate of drug-likeness (QED) is 0.854. The molecule has 1 aliphatic rings. The van der Waals surface area contributed by atoms with Crippen molar-refractivity contribution in [1.29, 1.82) is 0 Å². The third-order valence-electron chi connectivity index (χ3n) is 3.75. The number of carbonyl (C=O) groups excluding carboxylic acids is 1. The topological polar surface area (TPSA) is 69.2 Å². The van der Waals surface area contributed by atoms with Crippen LogP contribution in [0, 0.1) is 12.8 Å². The molecule has 1 amide bonds. The highest BCUT2D eigenvalue weighted by Crippen LogP contribution is 2.22. The molecule has 19 heavy (non-hydrogen) atoms. The molecule has 3 rings (SSSR count). The van der Waals surface area contributed by atoms with Gasteiger partial charge in [-0.1, -0.05) is 11.6 Å². The Labute approximate surface area is 111 Å². The lowest BCUT2D eigenvalue weighted by Gasteiger charge is -2.14. The van der Waals surface area contributed by atoms with Gasteiger partial charge in [-0.3, -0.25) is 9.89 Å². The molecule has 1 saturated heterocycles. The van der Waals surface area contributed by atoms with Gasteiger partial charge in [0.1, 0.15) is 0 Å². The lowest BCUT2D eigenvalue weighted by Crippen LogP contribution is -2.29. The van der Waals surface area contributed by atoms with E-state index in [1.54, 1.807) is 4.90 Å². The smallest absolute Gasteiger partial charge is 0.275 e. The number of nitrogens with one attached hydrogen (secondary N) is 1. The van der Waals surface area contributed by atoms with Crippen LogP contribution in [-0.4, -0.2) is 45.8 Å². The van der Waals surface area contributed by atoms with Gasteiger partial charge >= 0.3 is 0 Å². The van der Waals surface area contributed by atoms with Crippen molar-refractivity contribution in [3.05, 3.63) is 29.5 Å². The highest BCUT2D eigenvalue weighted by molar-refractivity contribution is 6.04. The van der Waals surface area contributed by atoms with Gasteiger partial charge < -0.3 is 10.0 Å². The van der Waals surface area contributed by atoms with Crippen LogP contribution in [0.15, 0.2) is 18.2 Å². The van der Waals surface area contributed by atoms with Crippen LogP contribution in [0.3, 0.4) is 0 Å². The van der Waals surface area contributed by atoms with Gasteiger partial charge in [0.2, 0.25) is 0 Å². The number of hydrogen-bond acceptors (Lipinski definition) is 3. The van der Waals surface area contributed by atoms with Gasteiger partial charge in [-0.25, -0.2) is 0 Å². The second-order valence-electron chi connectivity index (χ2n) is 5.21. The Morgan fingerprint density at radius 1 is 1.58 bits per heavy atom. The average molecular weight is 259 g/mol. The second kappa shape index (κ2) is 4.66. The minimum Gasteiger partial charge on any atom is -0.396 e.